The van der Waals surface area contributed by atoms with E-state index < -0.39 is 29.9 Å². The highest BCUT2D eigenvalue weighted by Crippen LogP contribution is 2.21. The van der Waals surface area contributed by atoms with Crippen LogP contribution in [0.1, 0.15) is 17.3 Å². The molecular weight excluding hydrogens is 293 g/mol. The first kappa shape index (κ1) is 14.5. The average molecular weight is 307 g/mol. The molecule has 2 atom stereocenters. The Morgan fingerprint density at radius 1 is 1.45 bits per heavy atom. The van der Waals surface area contributed by atoms with Crippen LogP contribution in [0.2, 0.25) is 0 Å². The molecule has 1 aliphatic rings. The summed E-state index contributed by atoms with van der Waals surface area (Å²) >= 11 is 0. The Balaban J connectivity index is 1.95. The fraction of sp³-hybridized carbons (Fsp3) is 0.357. The minimum Gasteiger partial charge on any atom is -0.479 e. The molecule has 1 amide bonds. The molecule has 2 N–H and O–H groups in total. The van der Waals surface area contributed by atoms with Crippen LogP contribution in [0, 0.1) is 5.82 Å². The van der Waals surface area contributed by atoms with E-state index in [-0.39, 0.29) is 18.7 Å². The van der Waals surface area contributed by atoms with Crippen LogP contribution >= 0.6 is 0 Å². The molecule has 3 rings (SSSR count). The number of halogens is 1. The van der Waals surface area contributed by atoms with Crippen LogP contribution in [0.15, 0.2) is 18.5 Å². The Morgan fingerprint density at radius 2 is 2.23 bits per heavy atom. The summed E-state index contributed by atoms with van der Waals surface area (Å²) in [6, 6.07) is 2.36. The second kappa shape index (κ2) is 5.38. The molecule has 1 unspecified atom stereocenters. The third-order valence-electron chi connectivity index (χ3n) is 3.54. The van der Waals surface area contributed by atoms with Crippen LogP contribution in [0.5, 0.6) is 0 Å². The molecular formula is C14H14FN3O4. The van der Waals surface area contributed by atoms with Crippen molar-refractivity contribution in [2.45, 2.75) is 19.1 Å². The summed E-state index contributed by atoms with van der Waals surface area (Å²) in [5.74, 6) is -2.15. The average Bonchev–Trinajstić information content (AvgIpc) is 2.92. The number of imidazole rings is 1. The van der Waals surface area contributed by atoms with Gasteiger partial charge in [0, 0.05) is 6.54 Å². The van der Waals surface area contributed by atoms with Gasteiger partial charge in [0.1, 0.15) is 11.3 Å². The molecule has 1 aromatic carbocycles. The summed E-state index contributed by atoms with van der Waals surface area (Å²) in [7, 11) is 0. The van der Waals surface area contributed by atoms with Crippen molar-refractivity contribution in [2.75, 3.05) is 13.1 Å². The van der Waals surface area contributed by atoms with Gasteiger partial charge < -0.3 is 19.7 Å². The van der Waals surface area contributed by atoms with Crippen molar-refractivity contribution in [3.8, 4) is 0 Å². The molecule has 22 heavy (non-hydrogen) atoms. The maximum Gasteiger partial charge on any atom is 0.334 e. The van der Waals surface area contributed by atoms with Gasteiger partial charge in [-0.05, 0) is 19.1 Å². The van der Waals surface area contributed by atoms with Crippen molar-refractivity contribution in [1.29, 1.82) is 0 Å². The highest BCUT2D eigenvalue weighted by atomic mass is 19.1. The van der Waals surface area contributed by atoms with Gasteiger partial charge in [-0.25, -0.2) is 14.2 Å². The lowest BCUT2D eigenvalue weighted by Gasteiger charge is -2.35. The number of aliphatic carboxylic acids is 1. The Morgan fingerprint density at radius 3 is 2.95 bits per heavy atom. The molecule has 0 saturated carbocycles. The van der Waals surface area contributed by atoms with Crippen molar-refractivity contribution in [3.63, 3.8) is 0 Å². The molecule has 0 radical (unpaired) electrons. The van der Waals surface area contributed by atoms with Gasteiger partial charge in [0.25, 0.3) is 5.91 Å². The fourth-order valence-corrected chi connectivity index (χ4v) is 2.60. The van der Waals surface area contributed by atoms with Crippen LogP contribution in [0.4, 0.5) is 4.39 Å². The molecule has 1 saturated heterocycles. The summed E-state index contributed by atoms with van der Waals surface area (Å²) in [6.45, 7) is 1.84. The number of H-pyrrole nitrogens is 1. The zero-order valence-corrected chi connectivity index (χ0v) is 11.7. The highest BCUT2D eigenvalue weighted by molar-refractivity contribution is 6.05. The molecule has 2 aromatic rings. The Labute approximate surface area is 124 Å². The number of carboxylic acid groups (broad SMARTS) is 1. The molecule has 0 aliphatic carbocycles. The molecule has 0 spiro atoms. The van der Waals surface area contributed by atoms with Crippen molar-refractivity contribution in [2.24, 2.45) is 0 Å². The molecule has 2 heterocycles. The lowest BCUT2D eigenvalue weighted by Crippen LogP contribution is -2.51. The number of rotatable bonds is 2. The molecule has 1 aliphatic heterocycles. The van der Waals surface area contributed by atoms with Crippen molar-refractivity contribution in [1.82, 2.24) is 14.9 Å². The van der Waals surface area contributed by atoms with Crippen LogP contribution in [0.3, 0.4) is 0 Å². The number of carbonyl (C=O) groups excluding carboxylic acids is 1. The number of aromatic nitrogens is 2. The SMILES string of the molecule is C[C@@H]1CN(C(=O)c2cc(F)cc3[nH]cnc23)CC(C(=O)O)O1. The van der Waals surface area contributed by atoms with Gasteiger partial charge in [0.05, 0.1) is 30.1 Å². The van der Waals surface area contributed by atoms with Crippen LogP contribution < -0.4 is 0 Å². The highest BCUT2D eigenvalue weighted by Gasteiger charge is 2.33. The van der Waals surface area contributed by atoms with E-state index in [0.29, 0.717) is 11.0 Å². The number of carboxylic acids is 1. The van der Waals surface area contributed by atoms with Gasteiger partial charge in [-0.2, -0.15) is 0 Å². The van der Waals surface area contributed by atoms with Crippen LogP contribution in [0.25, 0.3) is 11.0 Å². The number of amides is 1. The van der Waals surface area contributed by atoms with Gasteiger partial charge in [-0.1, -0.05) is 0 Å². The number of carbonyl (C=O) groups is 2. The number of nitrogens with one attached hydrogen (secondary N) is 1. The van der Waals surface area contributed by atoms with Gasteiger partial charge >= 0.3 is 5.97 Å². The standard InChI is InChI=1S/C14H14FN3O4/c1-7-4-18(5-11(22-7)14(20)21)13(19)9-2-8(15)3-10-12(9)17-6-16-10/h2-3,6-7,11H,4-5H2,1H3,(H,16,17)(H,20,21)/t7-,11?/m1/s1. The summed E-state index contributed by atoms with van der Waals surface area (Å²) in [4.78, 5) is 31.9. The van der Waals surface area contributed by atoms with E-state index in [0.717, 1.165) is 6.07 Å². The maximum absolute atomic E-state index is 13.6. The number of morpholine rings is 1. The van der Waals surface area contributed by atoms with Crippen LogP contribution in [-0.2, 0) is 9.53 Å². The fourth-order valence-electron chi connectivity index (χ4n) is 2.60. The molecule has 1 aromatic heterocycles. The van der Waals surface area contributed by atoms with Crippen LogP contribution in [-0.4, -0.2) is 57.1 Å². The van der Waals surface area contributed by atoms with E-state index in [9.17, 15) is 14.0 Å². The van der Waals surface area contributed by atoms with E-state index in [1.807, 2.05) is 0 Å². The second-order valence-electron chi connectivity index (χ2n) is 5.24. The number of fused-ring (bicyclic) bond motifs is 1. The summed E-state index contributed by atoms with van der Waals surface area (Å²) in [5.41, 5.74) is 0.881. The summed E-state index contributed by atoms with van der Waals surface area (Å²) in [6.07, 6.45) is -0.124. The molecule has 0 bridgehead atoms. The molecule has 116 valence electrons. The van der Waals surface area contributed by atoms with E-state index in [1.54, 1.807) is 6.92 Å². The number of ether oxygens (including phenoxy) is 1. The molecule has 8 heteroatoms. The minimum atomic E-state index is -1.13. The van der Waals surface area contributed by atoms with Gasteiger partial charge in [-0.15, -0.1) is 0 Å². The van der Waals surface area contributed by atoms with E-state index in [1.165, 1.54) is 17.3 Å². The largest absolute Gasteiger partial charge is 0.479 e. The van der Waals surface area contributed by atoms with Crippen molar-refractivity contribution in [3.05, 3.63) is 29.8 Å². The molecule has 1 fully saturated rings. The number of benzene rings is 1. The monoisotopic (exact) mass is 307 g/mol. The molecule has 7 nitrogen and oxygen atoms in total. The normalized spacial score (nSPS) is 22.0. The van der Waals surface area contributed by atoms with Gasteiger partial charge in [-0.3, -0.25) is 4.79 Å². The third-order valence-corrected chi connectivity index (χ3v) is 3.54. The lowest BCUT2D eigenvalue weighted by atomic mass is 10.1. The lowest BCUT2D eigenvalue weighted by molar-refractivity contribution is -0.160. The predicted molar refractivity (Wildman–Crippen MR) is 73.9 cm³/mol. The number of hydrogen-bond acceptors (Lipinski definition) is 4. The third kappa shape index (κ3) is 2.52. The predicted octanol–water partition coefficient (Wildman–Crippen LogP) is 1.02. The zero-order chi connectivity index (χ0) is 15.9. The summed E-state index contributed by atoms with van der Waals surface area (Å²) < 4.78 is 18.9. The Kier molecular flexibility index (Phi) is 3.53. The zero-order valence-electron chi connectivity index (χ0n) is 11.7. The van der Waals surface area contributed by atoms with E-state index in [2.05, 4.69) is 9.97 Å². The minimum absolute atomic E-state index is 0.0824. The van der Waals surface area contributed by atoms with Gasteiger partial charge in [0.2, 0.25) is 0 Å². The van der Waals surface area contributed by atoms with Crippen molar-refractivity contribution >= 4 is 22.9 Å². The van der Waals surface area contributed by atoms with E-state index >= 15 is 0 Å². The maximum atomic E-state index is 13.6. The van der Waals surface area contributed by atoms with Crippen molar-refractivity contribution < 1.29 is 23.8 Å². The first-order valence-electron chi connectivity index (χ1n) is 6.76. The van der Waals surface area contributed by atoms with Gasteiger partial charge in [0.15, 0.2) is 6.10 Å². The smallest absolute Gasteiger partial charge is 0.334 e. The number of nitrogens with zero attached hydrogens (tertiary/aromatic N) is 2. The van der Waals surface area contributed by atoms with E-state index in [4.69, 9.17) is 9.84 Å². The Bertz CT molecular complexity index is 745. The first-order valence-corrected chi connectivity index (χ1v) is 6.76. The topological polar surface area (TPSA) is 95.5 Å². The second-order valence-corrected chi connectivity index (χ2v) is 5.24. The number of hydrogen-bond donors (Lipinski definition) is 2. The first-order chi connectivity index (χ1) is 10.5. The quantitative estimate of drug-likeness (QED) is 0.863. The summed E-state index contributed by atoms with van der Waals surface area (Å²) in [5, 5.41) is 9.07. The Hall–Kier alpha value is -2.48. The number of aromatic amines is 1.